The smallest absolute Gasteiger partial charge is 0.410 e. The van der Waals surface area contributed by atoms with Crippen molar-refractivity contribution < 1.29 is 19.1 Å². The second-order valence-corrected chi connectivity index (χ2v) is 8.32. The maximum absolute atomic E-state index is 12.7. The Morgan fingerprint density at radius 2 is 1.81 bits per heavy atom. The lowest BCUT2D eigenvalue weighted by Gasteiger charge is -2.38. The van der Waals surface area contributed by atoms with E-state index in [1.807, 2.05) is 41.5 Å². The lowest BCUT2D eigenvalue weighted by Crippen LogP contribution is -2.44. The molecule has 1 aromatic carbocycles. The van der Waals surface area contributed by atoms with E-state index in [4.69, 9.17) is 9.47 Å². The van der Waals surface area contributed by atoms with E-state index in [1.165, 1.54) is 11.1 Å². The number of nitrogens with zero attached hydrogens (tertiary/aromatic N) is 1. The molecule has 0 N–H and O–H groups in total. The second kappa shape index (κ2) is 7.68. The van der Waals surface area contributed by atoms with Crippen LogP contribution in [0.3, 0.4) is 0 Å². The minimum Gasteiger partial charge on any atom is -0.463 e. The van der Waals surface area contributed by atoms with Crippen molar-refractivity contribution in [1.82, 2.24) is 4.90 Å². The maximum Gasteiger partial charge on any atom is 0.410 e. The molecule has 0 fully saturated rings. The van der Waals surface area contributed by atoms with E-state index >= 15 is 0 Å². The van der Waals surface area contributed by atoms with Crippen molar-refractivity contribution >= 4 is 12.1 Å². The zero-order valence-electron chi connectivity index (χ0n) is 17.0. The van der Waals surface area contributed by atoms with Gasteiger partial charge in [-0.15, -0.1) is 0 Å². The largest absolute Gasteiger partial charge is 0.463 e. The average molecular weight is 361 g/mol. The van der Waals surface area contributed by atoms with Gasteiger partial charge in [-0.2, -0.15) is 0 Å². The highest BCUT2D eigenvalue weighted by Gasteiger charge is 2.35. The SMILES string of the molecule is Cc1cc2c(cc1C)[C@@H](CC(=O)OC(C)C)N(C(=O)OC(C)(C)C)CC2. The molecule has 0 aliphatic carbocycles. The lowest BCUT2D eigenvalue weighted by atomic mass is 9.88. The summed E-state index contributed by atoms with van der Waals surface area (Å²) in [5.41, 5.74) is 4.00. The Hall–Kier alpha value is -2.04. The third-order valence-electron chi connectivity index (χ3n) is 4.47. The minimum atomic E-state index is -0.580. The number of carbonyl (C=O) groups is 2. The number of rotatable bonds is 3. The summed E-state index contributed by atoms with van der Waals surface area (Å²) in [5, 5.41) is 0. The van der Waals surface area contributed by atoms with Crippen molar-refractivity contribution in [2.75, 3.05) is 6.54 Å². The molecule has 0 aromatic heterocycles. The molecular weight excluding hydrogens is 330 g/mol. The van der Waals surface area contributed by atoms with Gasteiger partial charge in [-0.05, 0) is 77.1 Å². The topological polar surface area (TPSA) is 55.8 Å². The molecule has 5 nitrogen and oxygen atoms in total. The number of esters is 1. The molecule has 2 rings (SSSR count). The van der Waals surface area contributed by atoms with Crippen molar-refractivity contribution in [3.8, 4) is 0 Å². The van der Waals surface area contributed by atoms with Gasteiger partial charge >= 0.3 is 12.1 Å². The summed E-state index contributed by atoms with van der Waals surface area (Å²) in [7, 11) is 0. The molecule has 144 valence electrons. The number of amides is 1. The maximum atomic E-state index is 12.7. The first-order chi connectivity index (χ1) is 12.0. The predicted octanol–water partition coefficient (Wildman–Crippen LogP) is 4.48. The monoisotopic (exact) mass is 361 g/mol. The summed E-state index contributed by atoms with van der Waals surface area (Å²) >= 11 is 0. The van der Waals surface area contributed by atoms with E-state index in [0.717, 1.165) is 17.5 Å². The molecule has 1 amide bonds. The summed E-state index contributed by atoms with van der Waals surface area (Å²) in [6.07, 6.45) is 0.322. The van der Waals surface area contributed by atoms with Crippen LogP contribution in [-0.2, 0) is 20.7 Å². The van der Waals surface area contributed by atoms with Crippen LogP contribution in [0.2, 0.25) is 0 Å². The van der Waals surface area contributed by atoms with Gasteiger partial charge in [0.25, 0.3) is 0 Å². The standard InChI is InChI=1S/C21H31NO4/c1-13(2)25-19(23)12-18-17-11-15(4)14(3)10-16(17)8-9-22(18)20(24)26-21(5,6)7/h10-11,13,18H,8-9,12H2,1-7H3/t18-/m1/s1. The summed E-state index contributed by atoms with van der Waals surface area (Å²) in [5.74, 6) is -0.301. The Morgan fingerprint density at radius 1 is 1.19 bits per heavy atom. The van der Waals surface area contributed by atoms with Crippen molar-refractivity contribution in [2.45, 2.75) is 79.1 Å². The van der Waals surface area contributed by atoms with Crippen LogP contribution in [0, 0.1) is 13.8 Å². The molecule has 0 radical (unpaired) electrons. The fourth-order valence-corrected chi connectivity index (χ4v) is 3.22. The lowest BCUT2D eigenvalue weighted by molar-refractivity contribution is -0.148. The average Bonchev–Trinajstić information content (AvgIpc) is 2.46. The van der Waals surface area contributed by atoms with Crippen LogP contribution in [0.5, 0.6) is 0 Å². The number of benzene rings is 1. The van der Waals surface area contributed by atoms with Crippen LogP contribution in [0.25, 0.3) is 0 Å². The van der Waals surface area contributed by atoms with Crippen molar-refractivity contribution in [1.29, 1.82) is 0 Å². The summed E-state index contributed by atoms with van der Waals surface area (Å²) in [4.78, 5) is 26.7. The normalized spacial score (nSPS) is 17.1. The number of ether oxygens (including phenoxy) is 2. The van der Waals surface area contributed by atoms with Crippen molar-refractivity contribution in [3.63, 3.8) is 0 Å². The molecule has 1 heterocycles. The van der Waals surface area contributed by atoms with Crippen LogP contribution >= 0.6 is 0 Å². The second-order valence-electron chi connectivity index (χ2n) is 8.32. The minimum absolute atomic E-state index is 0.132. The van der Waals surface area contributed by atoms with Crippen LogP contribution in [-0.4, -0.2) is 35.2 Å². The summed E-state index contributed by atoms with van der Waals surface area (Å²) in [6.45, 7) is 13.8. The van der Waals surface area contributed by atoms with Crippen molar-refractivity contribution in [2.24, 2.45) is 0 Å². The molecule has 1 aliphatic rings. The van der Waals surface area contributed by atoms with Gasteiger partial charge in [-0.3, -0.25) is 4.79 Å². The van der Waals surface area contributed by atoms with Gasteiger partial charge < -0.3 is 14.4 Å². The molecule has 0 saturated heterocycles. The molecule has 0 unspecified atom stereocenters. The van der Waals surface area contributed by atoms with Crippen molar-refractivity contribution in [3.05, 3.63) is 34.4 Å². The van der Waals surface area contributed by atoms with E-state index in [0.29, 0.717) is 6.54 Å². The highest BCUT2D eigenvalue weighted by molar-refractivity contribution is 5.74. The van der Waals surface area contributed by atoms with Gasteiger partial charge in [-0.1, -0.05) is 12.1 Å². The van der Waals surface area contributed by atoms with E-state index in [2.05, 4.69) is 19.1 Å². The Kier molecular flexibility index (Phi) is 5.99. The molecule has 26 heavy (non-hydrogen) atoms. The molecule has 1 aromatic rings. The number of hydrogen-bond acceptors (Lipinski definition) is 4. The molecule has 0 spiro atoms. The van der Waals surface area contributed by atoms with Crippen LogP contribution in [0.4, 0.5) is 4.79 Å². The third-order valence-corrected chi connectivity index (χ3v) is 4.47. The van der Waals surface area contributed by atoms with E-state index in [9.17, 15) is 9.59 Å². The first-order valence-corrected chi connectivity index (χ1v) is 9.27. The number of hydrogen-bond donors (Lipinski definition) is 0. The van der Waals surface area contributed by atoms with Gasteiger partial charge in [0.05, 0.1) is 18.6 Å². The van der Waals surface area contributed by atoms with Crippen LogP contribution in [0.15, 0.2) is 12.1 Å². The number of aryl methyl sites for hydroxylation is 2. The Bertz CT molecular complexity index is 688. The van der Waals surface area contributed by atoms with E-state index < -0.39 is 5.60 Å². The molecule has 5 heteroatoms. The summed E-state index contributed by atoms with van der Waals surface area (Å²) in [6, 6.07) is 3.89. The fraction of sp³-hybridized carbons (Fsp3) is 0.619. The van der Waals surface area contributed by atoms with Gasteiger partial charge in [0, 0.05) is 6.54 Å². The Balaban J connectivity index is 2.36. The van der Waals surface area contributed by atoms with Crippen LogP contribution in [0.1, 0.15) is 69.3 Å². The molecule has 1 aliphatic heterocycles. The first kappa shape index (κ1) is 20.3. The first-order valence-electron chi connectivity index (χ1n) is 9.27. The van der Waals surface area contributed by atoms with E-state index in [-0.39, 0.29) is 30.6 Å². The zero-order valence-corrected chi connectivity index (χ0v) is 17.0. The molecule has 1 atom stereocenters. The van der Waals surface area contributed by atoms with Gasteiger partial charge in [0.1, 0.15) is 5.60 Å². The fourth-order valence-electron chi connectivity index (χ4n) is 3.22. The van der Waals surface area contributed by atoms with Gasteiger partial charge in [-0.25, -0.2) is 4.79 Å². The van der Waals surface area contributed by atoms with E-state index in [1.54, 1.807) is 4.90 Å². The third kappa shape index (κ3) is 4.99. The Morgan fingerprint density at radius 3 is 2.38 bits per heavy atom. The molecular formula is C21H31NO4. The zero-order chi connectivity index (χ0) is 19.6. The van der Waals surface area contributed by atoms with Gasteiger partial charge in [0.2, 0.25) is 0 Å². The highest BCUT2D eigenvalue weighted by atomic mass is 16.6. The predicted molar refractivity (Wildman–Crippen MR) is 101 cm³/mol. The highest BCUT2D eigenvalue weighted by Crippen LogP contribution is 2.35. The number of carbonyl (C=O) groups excluding carboxylic acids is 2. The number of fused-ring (bicyclic) bond motifs is 1. The van der Waals surface area contributed by atoms with Gasteiger partial charge in [0.15, 0.2) is 0 Å². The van der Waals surface area contributed by atoms with Crippen LogP contribution < -0.4 is 0 Å². The Labute approximate surface area is 156 Å². The molecule has 0 bridgehead atoms. The molecule has 0 saturated carbocycles. The summed E-state index contributed by atoms with van der Waals surface area (Å²) < 4.78 is 10.9. The quantitative estimate of drug-likeness (QED) is 0.745.